The zero-order valence-corrected chi connectivity index (χ0v) is 16.7. The predicted molar refractivity (Wildman–Crippen MR) is 111 cm³/mol. The highest BCUT2D eigenvalue weighted by molar-refractivity contribution is 6.05. The molecule has 9 heteroatoms. The number of halogens is 3. The quantitative estimate of drug-likeness (QED) is 0.439. The number of benzene rings is 2. The second kappa shape index (κ2) is 7.28. The van der Waals surface area contributed by atoms with Crippen LogP contribution in [0.3, 0.4) is 0 Å². The van der Waals surface area contributed by atoms with Crippen molar-refractivity contribution in [2.45, 2.75) is 25.6 Å². The van der Waals surface area contributed by atoms with Gasteiger partial charge in [0.2, 0.25) is 0 Å². The Hall–Kier alpha value is -3.59. The van der Waals surface area contributed by atoms with E-state index in [4.69, 9.17) is 0 Å². The first-order valence-electron chi connectivity index (χ1n) is 9.40. The molecule has 2 aromatic carbocycles. The monoisotopic (exact) mass is 428 g/mol. The number of hydrogen-bond donors (Lipinski definition) is 3. The van der Waals surface area contributed by atoms with Crippen LogP contribution >= 0.6 is 0 Å². The second-order valence-corrected chi connectivity index (χ2v) is 7.69. The van der Waals surface area contributed by atoms with E-state index in [9.17, 15) is 23.1 Å². The second-order valence-electron chi connectivity index (χ2n) is 7.69. The van der Waals surface area contributed by atoms with Crippen LogP contribution in [0.1, 0.15) is 19.4 Å². The number of nitrogens with one attached hydrogen (secondary N) is 2. The molecule has 0 aliphatic rings. The van der Waals surface area contributed by atoms with Crippen molar-refractivity contribution in [3.63, 3.8) is 0 Å². The molecule has 31 heavy (non-hydrogen) atoms. The molecule has 0 radical (unpaired) electrons. The summed E-state index contributed by atoms with van der Waals surface area (Å²) in [5.41, 5.74) is 1.14. The van der Waals surface area contributed by atoms with Crippen LogP contribution in [0, 0.1) is 0 Å². The summed E-state index contributed by atoms with van der Waals surface area (Å²) in [6.07, 6.45) is 0.577. The van der Waals surface area contributed by atoms with Gasteiger partial charge in [0.25, 0.3) is 5.91 Å². The van der Waals surface area contributed by atoms with Crippen LogP contribution in [0.25, 0.3) is 27.7 Å². The lowest BCUT2D eigenvalue weighted by molar-refractivity contribution is -0.137. The highest BCUT2D eigenvalue weighted by atomic mass is 19.4. The minimum absolute atomic E-state index is 0.500. The van der Waals surface area contributed by atoms with Gasteiger partial charge in [0.1, 0.15) is 5.60 Å². The van der Waals surface area contributed by atoms with Gasteiger partial charge in [-0.15, -0.1) is 0 Å². The lowest BCUT2D eigenvalue weighted by Crippen LogP contribution is -2.36. The van der Waals surface area contributed by atoms with Gasteiger partial charge in [-0.1, -0.05) is 6.07 Å². The topological polar surface area (TPSA) is 82.9 Å². The maximum absolute atomic E-state index is 12.8. The number of hydrogen-bond acceptors (Lipinski definition) is 3. The maximum atomic E-state index is 12.8. The number of aliphatic hydroxyl groups is 1. The number of carbonyl (C=O) groups excluding carboxylic acids is 1. The number of H-pyrrole nitrogens is 1. The molecule has 0 saturated heterocycles. The summed E-state index contributed by atoms with van der Waals surface area (Å²) < 4.78 is 39.8. The van der Waals surface area contributed by atoms with Crippen molar-refractivity contribution in [1.82, 2.24) is 14.8 Å². The van der Waals surface area contributed by atoms with Crippen LogP contribution in [0.15, 0.2) is 61.1 Å². The van der Waals surface area contributed by atoms with E-state index in [1.54, 1.807) is 18.6 Å². The lowest BCUT2D eigenvalue weighted by Gasteiger charge is -2.16. The number of carbonyl (C=O) groups is 1. The first-order valence-corrected chi connectivity index (χ1v) is 9.40. The smallest absolute Gasteiger partial charge is 0.381 e. The largest absolute Gasteiger partial charge is 0.416 e. The SMILES string of the molecule is CC(C)(O)C(=O)Nc1c[nH]c2ccc(-c3cnn(-c4ccc(C(F)(F)F)cc4)c3)cc12. The molecule has 0 spiro atoms. The maximum Gasteiger partial charge on any atom is 0.416 e. The first-order chi connectivity index (χ1) is 14.5. The Balaban J connectivity index is 1.63. The van der Waals surface area contributed by atoms with Crippen molar-refractivity contribution in [3.8, 4) is 16.8 Å². The number of fused-ring (bicyclic) bond motifs is 1. The van der Waals surface area contributed by atoms with E-state index < -0.39 is 23.2 Å². The van der Waals surface area contributed by atoms with Gasteiger partial charge in [0, 0.05) is 28.9 Å². The van der Waals surface area contributed by atoms with E-state index in [-0.39, 0.29) is 0 Å². The average Bonchev–Trinajstić information content (AvgIpc) is 3.34. The van der Waals surface area contributed by atoms with E-state index in [0.717, 1.165) is 34.2 Å². The van der Waals surface area contributed by atoms with E-state index in [0.29, 0.717) is 11.4 Å². The molecule has 0 bridgehead atoms. The third-order valence-electron chi connectivity index (χ3n) is 4.86. The summed E-state index contributed by atoms with van der Waals surface area (Å²) >= 11 is 0. The van der Waals surface area contributed by atoms with E-state index in [2.05, 4.69) is 15.4 Å². The molecule has 4 rings (SSSR count). The van der Waals surface area contributed by atoms with Gasteiger partial charge < -0.3 is 15.4 Å². The Bertz CT molecular complexity index is 1250. The van der Waals surface area contributed by atoms with E-state index >= 15 is 0 Å². The average molecular weight is 428 g/mol. The standard InChI is InChI=1S/C22H19F3N4O2/c1-21(2,31)20(30)28-19-11-26-18-8-3-13(9-17(18)19)14-10-27-29(12-14)16-6-4-15(5-7-16)22(23,24)25/h3-12,26,31H,1-2H3,(H,28,30). The van der Waals surface area contributed by atoms with Crippen LogP contribution in [0.2, 0.25) is 0 Å². The molecule has 3 N–H and O–H groups in total. The molecular formula is C22H19F3N4O2. The molecule has 2 aromatic heterocycles. The van der Waals surface area contributed by atoms with Crippen molar-refractivity contribution in [2.24, 2.45) is 0 Å². The minimum atomic E-state index is -4.39. The van der Waals surface area contributed by atoms with Crippen LogP contribution in [-0.4, -0.2) is 31.4 Å². The molecule has 0 aliphatic carbocycles. The number of anilines is 1. The number of rotatable bonds is 4. The molecule has 0 atom stereocenters. The Kier molecular flexibility index (Phi) is 4.85. The van der Waals surface area contributed by atoms with Gasteiger partial charge in [-0.25, -0.2) is 4.68 Å². The molecule has 160 valence electrons. The summed E-state index contributed by atoms with van der Waals surface area (Å²) in [5.74, 6) is -0.533. The fraction of sp³-hybridized carbons (Fsp3) is 0.182. The van der Waals surface area contributed by atoms with Gasteiger partial charge >= 0.3 is 6.18 Å². The Morgan fingerprint density at radius 3 is 2.45 bits per heavy atom. The molecule has 2 heterocycles. The lowest BCUT2D eigenvalue weighted by atomic mass is 10.1. The van der Waals surface area contributed by atoms with Crippen molar-refractivity contribution in [1.29, 1.82) is 0 Å². The first kappa shape index (κ1) is 20.7. The van der Waals surface area contributed by atoms with E-state index in [1.165, 1.54) is 30.7 Å². The van der Waals surface area contributed by atoms with Crippen molar-refractivity contribution in [2.75, 3.05) is 5.32 Å². The van der Waals surface area contributed by atoms with Gasteiger partial charge in [-0.2, -0.15) is 18.3 Å². The molecular weight excluding hydrogens is 409 g/mol. The van der Waals surface area contributed by atoms with Gasteiger partial charge in [-0.3, -0.25) is 4.79 Å². The van der Waals surface area contributed by atoms with Crippen LogP contribution in [0.5, 0.6) is 0 Å². The summed E-state index contributed by atoms with van der Waals surface area (Å²) in [7, 11) is 0. The third kappa shape index (κ3) is 4.17. The third-order valence-corrected chi connectivity index (χ3v) is 4.86. The fourth-order valence-corrected chi connectivity index (χ4v) is 3.10. The van der Waals surface area contributed by atoms with Crippen LogP contribution in [0.4, 0.5) is 18.9 Å². The Labute approximate surface area is 175 Å². The van der Waals surface area contributed by atoms with Gasteiger partial charge in [0.15, 0.2) is 0 Å². The normalized spacial score (nSPS) is 12.3. The molecule has 0 unspecified atom stereocenters. The highest BCUT2D eigenvalue weighted by Crippen LogP contribution is 2.31. The zero-order valence-electron chi connectivity index (χ0n) is 16.7. The summed E-state index contributed by atoms with van der Waals surface area (Å²) in [5, 5.41) is 17.6. The summed E-state index contributed by atoms with van der Waals surface area (Å²) in [4.78, 5) is 15.2. The molecule has 1 amide bonds. The van der Waals surface area contributed by atoms with Crippen LogP contribution < -0.4 is 5.32 Å². The number of aromatic amines is 1. The van der Waals surface area contributed by atoms with Gasteiger partial charge in [0.05, 0.1) is 23.1 Å². The fourth-order valence-electron chi connectivity index (χ4n) is 3.10. The van der Waals surface area contributed by atoms with Crippen LogP contribution in [-0.2, 0) is 11.0 Å². The van der Waals surface area contributed by atoms with Gasteiger partial charge in [-0.05, 0) is 55.8 Å². The minimum Gasteiger partial charge on any atom is -0.381 e. The van der Waals surface area contributed by atoms with Crippen molar-refractivity contribution in [3.05, 3.63) is 66.6 Å². The molecule has 0 fully saturated rings. The number of amides is 1. The van der Waals surface area contributed by atoms with Crippen molar-refractivity contribution < 1.29 is 23.1 Å². The Morgan fingerprint density at radius 1 is 1.10 bits per heavy atom. The Morgan fingerprint density at radius 2 is 1.81 bits per heavy atom. The zero-order chi connectivity index (χ0) is 22.4. The highest BCUT2D eigenvalue weighted by Gasteiger charge is 2.30. The number of alkyl halides is 3. The number of nitrogens with zero attached hydrogens (tertiary/aromatic N) is 2. The van der Waals surface area contributed by atoms with Crippen molar-refractivity contribution >= 4 is 22.5 Å². The molecule has 0 saturated carbocycles. The molecule has 0 aliphatic heterocycles. The summed E-state index contributed by atoms with van der Waals surface area (Å²) in [6.45, 7) is 2.80. The number of aromatic nitrogens is 3. The predicted octanol–water partition coefficient (Wildman–Crippen LogP) is 4.75. The van der Waals surface area contributed by atoms with E-state index in [1.807, 2.05) is 18.2 Å². The molecule has 6 nitrogen and oxygen atoms in total. The summed E-state index contributed by atoms with van der Waals surface area (Å²) in [6, 6.07) is 10.3. The molecule has 4 aromatic rings.